The van der Waals surface area contributed by atoms with Crippen molar-refractivity contribution in [1.82, 2.24) is 14.8 Å². The van der Waals surface area contributed by atoms with Gasteiger partial charge in [0.25, 0.3) is 0 Å². The third-order valence-corrected chi connectivity index (χ3v) is 2.73. The fourth-order valence-electron chi connectivity index (χ4n) is 1.76. The molecule has 1 heterocycles. The summed E-state index contributed by atoms with van der Waals surface area (Å²) in [5, 5.41) is 11.3. The SMILES string of the molecule is CNc1nnc(-c2cc(C)ccc2C)n1C. The summed E-state index contributed by atoms with van der Waals surface area (Å²) in [4.78, 5) is 0. The van der Waals surface area contributed by atoms with E-state index in [2.05, 4.69) is 47.6 Å². The molecule has 4 nitrogen and oxygen atoms in total. The highest BCUT2D eigenvalue weighted by Gasteiger charge is 2.11. The summed E-state index contributed by atoms with van der Waals surface area (Å²) in [5.74, 6) is 1.67. The standard InChI is InChI=1S/C12H16N4/c1-8-5-6-9(2)10(7-8)11-14-15-12(13-3)16(11)4/h5-7H,1-4H3,(H,13,15). The minimum atomic E-state index is 0.774. The van der Waals surface area contributed by atoms with Gasteiger partial charge < -0.3 is 5.32 Å². The van der Waals surface area contributed by atoms with Crippen LogP contribution in [-0.4, -0.2) is 21.8 Å². The lowest BCUT2D eigenvalue weighted by atomic mass is 10.1. The van der Waals surface area contributed by atoms with Crippen molar-refractivity contribution in [1.29, 1.82) is 0 Å². The average Bonchev–Trinajstić information content (AvgIpc) is 2.63. The summed E-state index contributed by atoms with van der Waals surface area (Å²) in [6, 6.07) is 6.35. The van der Waals surface area contributed by atoms with Crippen LogP contribution >= 0.6 is 0 Å². The van der Waals surface area contributed by atoms with E-state index < -0.39 is 0 Å². The first-order valence-electron chi connectivity index (χ1n) is 5.28. The van der Waals surface area contributed by atoms with Crippen molar-refractivity contribution in [2.24, 2.45) is 7.05 Å². The van der Waals surface area contributed by atoms with Crippen molar-refractivity contribution >= 4 is 5.95 Å². The lowest BCUT2D eigenvalue weighted by Crippen LogP contribution is -2.00. The number of aryl methyl sites for hydroxylation is 2. The molecule has 0 saturated heterocycles. The summed E-state index contributed by atoms with van der Waals surface area (Å²) in [6.07, 6.45) is 0. The first kappa shape index (κ1) is 10.7. The Labute approximate surface area is 95.3 Å². The fourth-order valence-corrected chi connectivity index (χ4v) is 1.76. The second-order valence-corrected chi connectivity index (χ2v) is 3.97. The van der Waals surface area contributed by atoms with Gasteiger partial charge >= 0.3 is 0 Å². The number of hydrogen-bond donors (Lipinski definition) is 1. The van der Waals surface area contributed by atoms with Gasteiger partial charge in [-0.05, 0) is 25.5 Å². The van der Waals surface area contributed by atoms with E-state index in [9.17, 15) is 0 Å². The third-order valence-electron chi connectivity index (χ3n) is 2.73. The van der Waals surface area contributed by atoms with Crippen molar-refractivity contribution in [3.8, 4) is 11.4 Å². The Bertz CT molecular complexity index is 514. The molecule has 1 aromatic carbocycles. The van der Waals surface area contributed by atoms with Crippen molar-refractivity contribution in [2.75, 3.05) is 12.4 Å². The second kappa shape index (κ2) is 3.96. The Morgan fingerprint density at radius 3 is 2.56 bits per heavy atom. The van der Waals surface area contributed by atoms with Crippen LogP contribution in [0.2, 0.25) is 0 Å². The van der Waals surface area contributed by atoms with Crippen molar-refractivity contribution < 1.29 is 0 Å². The van der Waals surface area contributed by atoms with Gasteiger partial charge in [0.05, 0.1) is 0 Å². The maximum absolute atomic E-state index is 4.21. The van der Waals surface area contributed by atoms with Gasteiger partial charge in [-0.15, -0.1) is 10.2 Å². The number of hydrogen-bond acceptors (Lipinski definition) is 3. The summed E-state index contributed by atoms with van der Waals surface area (Å²) in [7, 11) is 3.81. The molecule has 4 heteroatoms. The maximum atomic E-state index is 4.21. The largest absolute Gasteiger partial charge is 0.357 e. The molecule has 0 spiro atoms. The highest BCUT2D eigenvalue weighted by molar-refractivity contribution is 5.62. The zero-order chi connectivity index (χ0) is 11.7. The van der Waals surface area contributed by atoms with Gasteiger partial charge in [0.15, 0.2) is 5.82 Å². The fraction of sp³-hybridized carbons (Fsp3) is 0.333. The molecule has 1 N–H and O–H groups in total. The first-order valence-corrected chi connectivity index (χ1v) is 5.28. The van der Waals surface area contributed by atoms with E-state index in [1.807, 2.05) is 18.7 Å². The Morgan fingerprint density at radius 2 is 1.94 bits per heavy atom. The minimum Gasteiger partial charge on any atom is -0.357 e. The topological polar surface area (TPSA) is 42.7 Å². The van der Waals surface area contributed by atoms with Gasteiger partial charge in [0.2, 0.25) is 5.95 Å². The van der Waals surface area contributed by atoms with E-state index in [4.69, 9.17) is 0 Å². The van der Waals surface area contributed by atoms with Crippen LogP contribution in [0.5, 0.6) is 0 Å². The molecule has 0 fully saturated rings. The van der Waals surface area contributed by atoms with E-state index in [1.54, 1.807) is 0 Å². The van der Waals surface area contributed by atoms with E-state index >= 15 is 0 Å². The van der Waals surface area contributed by atoms with E-state index in [-0.39, 0.29) is 0 Å². The van der Waals surface area contributed by atoms with Gasteiger partial charge in [-0.25, -0.2) is 0 Å². The van der Waals surface area contributed by atoms with Crippen LogP contribution in [0.4, 0.5) is 5.95 Å². The van der Waals surface area contributed by atoms with Crippen LogP contribution in [0, 0.1) is 13.8 Å². The number of aromatic nitrogens is 3. The molecule has 84 valence electrons. The highest BCUT2D eigenvalue weighted by Crippen LogP contribution is 2.23. The lowest BCUT2D eigenvalue weighted by molar-refractivity contribution is 0.923. The number of anilines is 1. The predicted molar refractivity (Wildman–Crippen MR) is 65.5 cm³/mol. The molecule has 0 amide bonds. The Hall–Kier alpha value is -1.84. The van der Waals surface area contributed by atoms with Gasteiger partial charge in [-0.3, -0.25) is 4.57 Å². The van der Waals surface area contributed by atoms with Crippen molar-refractivity contribution in [2.45, 2.75) is 13.8 Å². The molecule has 2 aromatic rings. The highest BCUT2D eigenvalue weighted by atomic mass is 15.3. The first-order chi connectivity index (χ1) is 7.63. The molecule has 0 aliphatic rings. The van der Waals surface area contributed by atoms with E-state index in [0.29, 0.717) is 0 Å². The van der Waals surface area contributed by atoms with Gasteiger partial charge in [-0.1, -0.05) is 17.7 Å². The summed E-state index contributed by atoms with van der Waals surface area (Å²) in [5.41, 5.74) is 3.58. The molecule has 0 aliphatic carbocycles. The van der Waals surface area contributed by atoms with E-state index in [1.165, 1.54) is 11.1 Å². The monoisotopic (exact) mass is 216 g/mol. The van der Waals surface area contributed by atoms with Crippen molar-refractivity contribution in [3.05, 3.63) is 29.3 Å². The molecule has 0 bridgehead atoms. The average molecular weight is 216 g/mol. The summed E-state index contributed by atoms with van der Waals surface area (Å²) < 4.78 is 1.96. The predicted octanol–water partition coefficient (Wildman–Crippen LogP) is 2.14. The molecular weight excluding hydrogens is 200 g/mol. The lowest BCUT2D eigenvalue weighted by Gasteiger charge is -2.07. The van der Waals surface area contributed by atoms with Gasteiger partial charge in [-0.2, -0.15) is 0 Å². The molecule has 0 radical (unpaired) electrons. The van der Waals surface area contributed by atoms with Crippen LogP contribution < -0.4 is 5.32 Å². The minimum absolute atomic E-state index is 0.774. The zero-order valence-corrected chi connectivity index (χ0v) is 10.1. The van der Waals surface area contributed by atoms with Gasteiger partial charge in [0, 0.05) is 19.7 Å². The third kappa shape index (κ3) is 1.66. The number of rotatable bonds is 2. The number of nitrogens with one attached hydrogen (secondary N) is 1. The number of benzene rings is 1. The quantitative estimate of drug-likeness (QED) is 0.836. The molecular formula is C12H16N4. The molecule has 2 rings (SSSR count). The summed E-state index contributed by atoms with van der Waals surface area (Å²) in [6.45, 7) is 4.17. The Kier molecular flexibility index (Phi) is 2.64. The Morgan fingerprint density at radius 1 is 1.19 bits per heavy atom. The van der Waals surface area contributed by atoms with Crippen LogP contribution in [0.3, 0.4) is 0 Å². The molecule has 0 unspecified atom stereocenters. The van der Waals surface area contributed by atoms with E-state index in [0.717, 1.165) is 17.3 Å². The van der Waals surface area contributed by atoms with Gasteiger partial charge in [0.1, 0.15) is 0 Å². The molecule has 0 saturated carbocycles. The van der Waals surface area contributed by atoms with Crippen LogP contribution in [0.15, 0.2) is 18.2 Å². The zero-order valence-electron chi connectivity index (χ0n) is 10.1. The van der Waals surface area contributed by atoms with Crippen LogP contribution in [0.25, 0.3) is 11.4 Å². The summed E-state index contributed by atoms with van der Waals surface area (Å²) >= 11 is 0. The molecule has 16 heavy (non-hydrogen) atoms. The second-order valence-electron chi connectivity index (χ2n) is 3.97. The molecule has 1 aromatic heterocycles. The maximum Gasteiger partial charge on any atom is 0.224 e. The van der Waals surface area contributed by atoms with Crippen molar-refractivity contribution in [3.63, 3.8) is 0 Å². The normalized spacial score (nSPS) is 10.5. The molecule has 0 aliphatic heterocycles. The van der Waals surface area contributed by atoms with Crippen LogP contribution in [0.1, 0.15) is 11.1 Å². The Balaban J connectivity index is 2.58. The number of nitrogens with zero attached hydrogens (tertiary/aromatic N) is 3. The molecule has 0 atom stereocenters. The van der Waals surface area contributed by atoms with Crippen LogP contribution in [-0.2, 0) is 7.05 Å². The smallest absolute Gasteiger partial charge is 0.224 e.